The van der Waals surface area contributed by atoms with Gasteiger partial charge in [-0.1, -0.05) is 6.07 Å². The zero-order valence-corrected chi connectivity index (χ0v) is 20.9. The summed E-state index contributed by atoms with van der Waals surface area (Å²) in [5, 5.41) is 25.7. The van der Waals surface area contributed by atoms with Gasteiger partial charge < -0.3 is 20.3 Å². The Balaban J connectivity index is 0.000000317. The van der Waals surface area contributed by atoms with Gasteiger partial charge in [-0.3, -0.25) is 15.0 Å². The standard InChI is InChI=1S/C19H27N5O.2C2HF3O2/c1-14-3-2-4-16(21-14)12-24-8-5-17-18(22-23-19(17)13-24)11-20-15-6-9-25-10-7-15;2*3-2(4,5)1(6)7/h2-4,15,20H,5-13H2,1H3,(H,22,23);2*(H,6,7). The Morgan fingerprint density at radius 3 is 2.23 bits per heavy atom. The van der Waals surface area contributed by atoms with Gasteiger partial charge in [0.2, 0.25) is 0 Å². The van der Waals surface area contributed by atoms with Crippen LogP contribution in [-0.2, 0) is 40.4 Å². The van der Waals surface area contributed by atoms with Crippen molar-refractivity contribution in [1.29, 1.82) is 0 Å². The average molecular weight is 570 g/mol. The van der Waals surface area contributed by atoms with Crippen molar-refractivity contribution >= 4 is 11.9 Å². The maximum absolute atomic E-state index is 10.6. The normalized spacial score (nSPS) is 16.3. The third-order valence-corrected chi connectivity index (χ3v) is 5.69. The number of H-pyrrole nitrogens is 1. The van der Waals surface area contributed by atoms with Crippen molar-refractivity contribution in [2.75, 3.05) is 19.8 Å². The van der Waals surface area contributed by atoms with Gasteiger partial charge in [0.25, 0.3) is 0 Å². The number of nitrogens with one attached hydrogen (secondary N) is 2. The summed E-state index contributed by atoms with van der Waals surface area (Å²) in [5.74, 6) is -5.51. The highest BCUT2D eigenvalue weighted by Crippen LogP contribution is 2.22. The van der Waals surface area contributed by atoms with Gasteiger partial charge in [0.05, 0.1) is 17.1 Å². The largest absolute Gasteiger partial charge is 0.490 e. The van der Waals surface area contributed by atoms with Gasteiger partial charge in [0.1, 0.15) is 0 Å². The Bertz CT molecular complexity index is 1060. The number of alkyl halides is 6. The molecular weight excluding hydrogens is 540 g/mol. The van der Waals surface area contributed by atoms with E-state index < -0.39 is 24.3 Å². The van der Waals surface area contributed by atoms with Crippen molar-refractivity contribution in [2.24, 2.45) is 0 Å². The molecule has 0 spiro atoms. The molecule has 0 amide bonds. The third kappa shape index (κ3) is 11.2. The summed E-state index contributed by atoms with van der Waals surface area (Å²) in [7, 11) is 0. The third-order valence-electron chi connectivity index (χ3n) is 5.69. The maximum atomic E-state index is 10.6. The van der Waals surface area contributed by atoms with Crippen LogP contribution in [0.5, 0.6) is 0 Å². The minimum absolute atomic E-state index is 0.564. The molecule has 0 aliphatic carbocycles. The Hall–Kier alpha value is -3.24. The van der Waals surface area contributed by atoms with Crippen LogP contribution in [-0.4, -0.2) is 80.4 Å². The number of aliphatic carboxylic acids is 2. The number of carboxylic acids is 2. The number of ether oxygens (including phenoxy) is 1. The summed E-state index contributed by atoms with van der Waals surface area (Å²) in [6, 6.07) is 6.81. The topological polar surface area (TPSA) is 141 Å². The van der Waals surface area contributed by atoms with Crippen LogP contribution in [0.1, 0.15) is 41.2 Å². The lowest BCUT2D eigenvalue weighted by Crippen LogP contribution is -2.35. The van der Waals surface area contributed by atoms with Crippen LogP contribution in [0.4, 0.5) is 26.3 Å². The molecule has 0 radical (unpaired) electrons. The molecule has 4 N–H and O–H groups in total. The van der Waals surface area contributed by atoms with E-state index in [0.29, 0.717) is 6.04 Å². The molecule has 0 unspecified atom stereocenters. The Morgan fingerprint density at radius 1 is 1.10 bits per heavy atom. The van der Waals surface area contributed by atoms with Crippen molar-refractivity contribution in [2.45, 2.75) is 64.2 Å². The molecule has 2 aromatic heterocycles. The summed E-state index contributed by atoms with van der Waals surface area (Å²) >= 11 is 0. The smallest absolute Gasteiger partial charge is 0.475 e. The number of halogens is 6. The van der Waals surface area contributed by atoms with E-state index in [1.807, 2.05) is 13.0 Å². The van der Waals surface area contributed by atoms with Gasteiger partial charge in [-0.05, 0) is 38.3 Å². The summed E-state index contributed by atoms with van der Waals surface area (Å²) in [5.41, 5.74) is 6.09. The molecule has 0 aromatic carbocycles. The molecule has 39 heavy (non-hydrogen) atoms. The van der Waals surface area contributed by atoms with Gasteiger partial charge in [-0.2, -0.15) is 31.4 Å². The van der Waals surface area contributed by atoms with Gasteiger partial charge in [-0.15, -0.1) is 0 Å². The first kappa shape index (κ1) is 32.0. The SMILES string of the molecule is Cc1cccc(CN2CCc3c(CNC4CCOCC4)n[nH]c3C2)n1.O=C(O)C(F)(F)F.O=C(O)C(F)(F)F. The quantitative estimate of drug-likeness (QED) is 0.400. The lowest BCUT2D eigenvalue weighted by Gasteiger charge is -2.27. The number of pyridine rings is 1. The molecule has 2 aromatic rings. The van der Waals surface area contributed by atoms with E-state index in [9.17, 15) is 26.3 Å². The van der Waals surface area contributed by atoms with E-state index in [1.165, 1.54) is 17.0 Å². The van der Waals surface area contributed by atoms with Gasteiger partial charge in [0, 0.05) is 56.7 Å². The molecule has 1 saturated heterocycles. The summed E-state index contributed by atoms with van der Waals surface area (Å²) in [4.78, 5) is 24.9. The number of fused-ring (bicyclic) bond motifs is 1. The van der Waals surface area contributed by atoms with Crippen LogP contribution in [0.25, 0.3) is 0 Å². The van der Waals surface area contributed by atoms with Crippen LogP contribution in [0, 0.1) is 6.92 Å². The average Bonchev–Trinajstić information content (AvgIpc) is 3.25. The second-order valence-electron chi connectivity index (χ2n) is 8.73. The minimum atomic E-state index is -5.08. The molecule has 10 nitrogen and oxygen atoms in total. The second kappa shape index (κ2) is 14.2. The lowest BCUT2D eigenvalue weighted by atomic mass is 10.0. The number of rotatable bonds is 5. The number of hydrogen-bond donors (Lipinski definition) is 4. The van der Waals surface area contributed by atoms with E-state index in [-0.39, 0.29) is 0 Å². The summed E-state index contributed by atoms with van der Waals surface area (Å²) in [6.45, 7) is 7.54. The van der Waals surface area contributed by atoms with Crippen LogP contribution < -0.4 is 5.32 Å². The highest BCUT2D eigenvalue weighted by molar-refractivity contribution is 5.73. The molecule has 0 atom stereocenters. The van der Waals surface area contributed by atoms with Crippen LogP contribution in [0.3, 0.4) is 0 Å². The van der Waals surface area contributed by atoms with Crippen molar-refractivity contribution in [1.82, 2.24) is 25.4 Å². The number of aromatic amines is 1. The highest BCUT2D eigenvalue weighted by atomic mass is 19.4. The van der Waals surface area contributed by atoms with Crippen molar-refractivity contribution in [3.05, 3.63) is 46.5 Å². The van der Waals surface area contributed by atoms with E-state index in [1.54, 1.807) is 0 Å². The number of aryl methyl sites for hydroxylation is 1. The fraction of sp³-hybridized carbons (Fsp3) is 0.565. The first-order valence-corrected chi connectivity index (χ1v) is 11.8. The van der Waals surface area contributed by atoms with Gasteiger partial charge in [-0.25, -0.2) is 9.59 Å². The number of aromatic nitrogens is 3. The number of hydrogen-bond acceptors (Lipinski definition) is 7. The molecule has 2 aliphatic heterocycles. The van der Waals surface area contributed by atoms with Crippen LogP contribution in [0.2, 0.25) is 0 Å². The molecule has 4 rings (SSSR count). The first-order chi connectivity index (χ1) is 18.2. The highest BCUT2D eigenvalue weighted by Gasteiger charge is 2.38. The zero-order chi connectivity index (χ0) is 29.2. The molecule has 4 heterocycles. The molecular formula is C23H29F6N5O5. The van der Waals surface area contributed by atoms with Crippen LogP contribution in [0.15, 0.2) is 18.2 Å². The van der Waals surface area contributed by atoms with E-state index in [4.69, 9.17) is 24.5 Å². The fourth-order valence-corrected chi connectivity index (χ4v) is 3.78. The Morgan fingerprint density at radius 2 is 1.69 bits per heavy atom. The summed E-state index contributed by atoms with van der Waals surface area (Å²) < 4.78 is 68.9. The number of nitrogens with zero attached hydrogens (tertiary/aromatic N) is 3. The predicted molar refractivity (Wildman–Crippen MR) is 123 cm³/mol. The number of carboxylic acid groups (broad SMARTS) is 2. The van der Waals surface area contributed by atoms with Gasteiger partial charge >= 0.3 is 24.3 Å². The predicted octanol–water partition coefficient (Wildman–Crippen LogP) is 3.21. The maximum Gasteiger partial charge on any atom is 0.490 e. The minimum Gasteiger partial charge on any atom is -0.475 e. The molecule has 1 fully saturated rings. The first-order valence-electron chi connectivity index (χ1n) is 11.8. The van der Waals surface area contributed by atoms with Gasteiger partial charge in [0.15, 0.2) is 0 Å². The monoisotopic (exact) mass is 569 g/mol. The van der Waals surface area contributed by atoms with Crippen molar-refractivity contribution < 1.29 is 50.9 Å². The molecule has 0 saturated carbocycles. The second-order valence-corrected chi connectivity index (χ2v) is 8.73. The Labute approximate surface area is 219 Å². The van der Waals surface area contributed by atoms with Crippen LogP contribution >= 0.6 is 0 Å². The Kier molecular flexibility index (Phi) is 11.7. The fourth-order valence-electron chi connectivity index (χ4n) is 3.78. The number of carbonyl (C=O) groups is 2. The van der Waals surface area contributed by atoms with Crippen molar-refractivity contribution in [3.8, 4) is 0 Å². The zero-order valence-electron chi connectivity index (χ0n) is 20.9. The summed E-state index contributed by atoms with van der Waals surface area (Å²) in [6.07, 6.45) is -6.91. The van der Waals surface area contributed by atoms with E-state index >= 15 is 0 Å². The van der Waals surface area contributed by atoms with E-state index in [0.717, 1.165) is 70.0 Å². The molecule has 0 bridgehead atoms. The molecule has 2 aliphatic rings. The lowest BCUT2D eigenvalue weighted by molar-refractivity contribution is -0.193. The molecule has 218 valence electrons. The molecule has 16 heteroatoms. The van der Waals surface area contributed by atoms with Crippen molar-refractivity contribution in [3.63, 3.8) is 0 Å². The van der Waals surface area contributed by atoms with E-state index in [2.05, 4.69) is 37.5 Å².